The van der Waals surface area contributed by atoms with E-state index in [1.807, 2.05) is 0 Å². The third-order valence-corrected chi connectivity index (χ3v) is 3.46. The van der Waals surface area contributed by atoms with Crippen LogP contribution in [0.1, 0.15) is 11.1 Å². The number of aromatic nitrogens is 4. The maximum absolute atomic E-state index is 13.1. The molecule has 102 valence electrons. The van der Waals surface area contributed by atoms with Gasteiger partial charge in [-0.2, -0.15) is 14.6 Å². The van der Waals surface area contributed by atoms with Crippen LogP contribution in [-0.4, -0.2) is 19.6 Å². The summed E-state index contributed by atoms with van der Waals surface area (Å²) in [6, 6.07) is 4.24. The fraction of sp³-hybridized carbons (Fsp3) is 0.0833. The molecular weight excluding hydrogens is 306 g/mol. The number of aromatic amines is 1. The Labute approximate surface area is 122 Å². The molecule has 0 radical (unpaired) electrons. The van der Waals surface area contributed by atoms with Crippen LogP contribution in [0.15, 0.2) is 29.3 Å². The zero-order valence-corrected chi connectivity index (χ0v) is 11.4. The summed E-state index contributed by atoms with van der Waals surface area (Å²) < 4.78 is 14.2. The lowest BCUT2D eigenvalue weighted by Gasteiger charge is -2.05. The molecule has 2 aromatic heterocycles. The number of rotatable bonds is 2. The second-order valence-electron chi connectivity index (χ2n) is 4.14. The average molecular weight is 313 g/mol. The summed E-state index contributed by atoms with van der Waals surface area (Å²) in [5, 5.41) is 3.98. The third kappa shape index (κ3) is 2.17. The first-order chi connectivity index (χ1) is 9.56. The Morgan fingerprint density at radius 2 is 2.15 bits per heavy atom. The van der Waals surface area contributed by atoms with Gasteiger partial charge in [-0.05, 0) is 17.7 Å². The summed E-state index contributed by atoms with van der Waals surface area (Å²) in [5.41, 5.74) is 0.609. The highest BCUT2D eigenvalue weighted by Gasteiger charge is 2.13. The molecule has 20 heavy (non-hydrogen) atoms. The highest BCUT2D eigenvalue weighted by molar-refractivity contribution is 6.31. The summed E-state index contributed by atoms with van der Waals surface area (Å²) in [7, 11) is 0. The van der Waals surface area contributed by atoms with Crippen LogP contribution in [0.5, 0.6) is 0 Å². The Morgan fingerprint density at radius 1 is 1.35 bits per heavy atom. The van der Waals surface area contributed by atoms with E-state index in [0.29, 0.717) is 11.1 Å². The topological polar surface area (TPSA) is 63.0 Å². The molecule has 0 amide bonds. The minimum Gasteiger partial charge on any atom is -0.314 e. The Hall–Kier alpha value is -1.92. The predicted molar refractivity (Wildman–Crippen MR) is 72.8 cm³/mol. The molecule has 3 aromatic rings. The number of H-pyrrole nitrogens is 1. The normalized spacial score (nSPS) is 11.2. The summed E-state index contributed by atoms with van der Waals surface area (Å²) in [5.74, 6) is -0.247. The molecule has 1 N–H and O–H groups in total. The van der Waals surface area contributed by atoms with Gasteiger partial charge in [-0.25, -0.2) is 4.39 Å². The van der Waals surface area contributed by atoms with Crippen LogP contribution in [-0.2, 0) is 6.42 Å². The Kier molecular flexibility index (Phi) is 3.19. The van der Waals surface area contributed by atoms with Crippen molar-refractivity contribution in [1.82, 2.24) is 19.6 Å². The molecule has 0 saturated carbocycles. The third-order valence-electron chi connectivity index (χ3n) is 2.85. The van der Waals surface area contributed by atoms with Gasteiger partial charge in [0.25, 0.3) is 5.56 Å². The second-order valence-corrected chi connectivity index (χ2v) is 4.93. The van der Waals surface area contributed by atoms with Crippen LogP contribution in [0.3, 0.4) is 0 Å². The highest BCUT2D eigenvalue weighted by atomic mass is 35.5. The van der Waals surface area contributed by atoms with Gasteiger partial charge in [-0.1, -0.05) is 29.3 Å². The van der Waals surface area contributed by atoms with E-state index in [1.54, 1.807) is 6.07 Å². The minimum atomic E-state index is -0.512. The largest absolute Gasteiger partial charge is 0.314 e. The number of halogens is 3. The zero-order valence-electron chi connectivity index (χ0n) is 9.90. The molecule has 0 saturated heterocycles. The quantitative estimate of drug-likeness (QED) is 0.739. The van der Waals surface area contributed by atoms with Crippen molar-refractivity contribution in [3.63, 3.8) is 0 Å². The van der Waals surface area contributed by atoms with E-state index in [9.17, 15) is 9.18 Å². The fourth-order valence-corrected chi connectivity index (χ4v) is 2.31. The van der Waals surface area contributed by atoms with E-state index in [0.717, 1.165) is 4.52 Å². The van der Waals surface area contributed by atoms with Crippen molar-refractivity contribution in [3.8, 4) is 0 Å². The minimum absolute atomic E-state index is 0.00288. The molecule has 0 spiro atoms. The van der Waals surface area contributed by atoms with Crippen LogP contribution in [0.4, 0.5) is 4.39 Å². The molecule has 0 aliphatic heterocycles. The first kappa shape index (κ1) is 13.1. The summed E-state index contributed by atoms with van der Waals surface area (Å²) in [6.45, 7) is 0. The standard InChI is InChI=1S/C12H7Cl2FN4O/c13-8-4-6(1-2-9(8)15)3-7-10(14)18-12-16-5-17-19(12)11(7)20/h1-2,4-5H,3H2,(H,16,17,18). The van der Waals surface area contributed by atoms with Gasteiger partial charge in [0, 0.05) is 6.42 Å². The van der Waals surface area contributed by atoms with Crippen LogP contribution in [0.2, 0.25) is 10.2 Å². The Balaban J connectivity index is 2.10. The van der Waals surface area contributed by atoms with Gasteiger partial charge in [0.2, 0.25) is 5.78 Å². The van der Waals surface area contributed by atoms with Gasteiger partial charge >= 0.3 is 0 Å². The summed E-state index contributed by atoms with van der Waals surface area (Å²) >= 11 is 11.8. The molecule has 0 fully saturated rings. The smallest absolute Gasteiger partial charge is 0.280 e. The first-order valence-corrected chi connectivity index (χ1v) is 6.36. The maximum atomic E-state index is 13.1. The van der Waals surface area contributed by atoms with E-state index in [1.165, 1.54) is 18.5 Å². The van der Waals surface area contributed by atoms with Crippen molar-refractivity contribution in [1.29, 1.82) is 0 Å². The molecule has 2 heterocycles. The Morgan fingerprint density at radius 3 is 2.90 bits per heavy atom. The number of nitrogens with one attached hydrogen (secondary N) is 1. The number of hydrogen-bond donors (Lipinski definition) is 1. The molecule has 1 aromatic carbocycles. The van der Waals surface area contributed by atoms with Crippen LogP contribution in [0, 0.1) is 5.82 Å². The first-order valence-electron chi connectivity index (χ1n) is 5.60. The maximum Gasteiger partial charge on any atom is 0.280 e. The predicted octanol–water partition coefficient (Wildman–Crippen LogP) is 2.45. The van der Waals surface area contributed by atoms with Crippen molar-refractivity contribution in [2.45, 2.75) is 6.42 Å². The molecule has 0 aliphatic rings. The van der Waals surface area contributed by atoms with Crippen molar-refractivity contribution in [2.24, 2.45) is 0 Å². The van der Waals surface area contributed by atoms with Crippen molar-refractivity contribution in [2.75, 3.05) is 0 Å². The molecule has 0 atom stereocenters. The van der Waals surface area contributed by atoms with Crippen molar-refractivity contribution in [3.05, 3.63) is 62.0 Å². The Bertz CT molecular complexity index is 858. The van der Waals surface area contributed by atoms with Crippen molar-refractivity contribution < 1.29 is 4.39 Å². The molecular formula is C12H7Cl2FN4O. The van der Waals surface area contributed by atoms with Gasteiger partial charge < -0.3 is 4.98 Å². The van der Waals surface area contributed by atoms with E-state index in [4.69, 9.17) is 23.2 Å². The number of nitrogens with zero attached hydrogens (tertiary/aromatic N) is 3. The van der Waals surface area contributed by atoms with Crippen LogP contribution in [0.25, 0.3) is 5.78 Å². The molecule has 0 aliphatic carbocycles. The lowest BCUT2D eigenvalue weighted by molar-refractivity contribution is 0.627. The molecule has 3 rings (SSSR count). The average Bonchev–Trinajstić information content (AvgIpc) is 2.87. The lowest BCUT2D eigenvalue weighted by Crippen LogP contribution is -2.21. The van der Waals surface area contributed by atoms with Crippen LogP contribution < -0.4 is 5.56 Å². The molecule has 8 heteroatoms. The van der Waals surface area contributed by atoms with Crippen molar-refractivity contribution >= 4 is 29.0 Å². The zero-order chi connectivity index (χ0) is 14.3. The SMILES string of the molecule is O=c1c(Cc2ccc(F)c(Cl)c2)c(Cl)[nH]c2ncnn12. The van der Waals surface area contributed by atoms with E-state index >= 15 is 0 Å². The lowest BCUT2D eigenvalue weighted by atomic mass is 10.1. The fourth-order valence-electron chi connectivity index (χ4n) is 1.88. The number of benzene rings is 1. The van der Waals surface area contributed by atoms with E-state index in [-0.39, 0.29) is 27.9 Å². The molecule has 5 nitrogen and oxygen atoms in total. The molecule has 0 bridgehead atoms. The monoisotopic (exact) mass is 312 g/mol. The van der Waals surface area contributed by atoms with Gasteiger partial charge in [-0.15, -0.1) is 0 Å². The van der Waals surface area contributed by atoms with Gasteiger partial charge in [-0.3, -0.25) is 4.79 Å². The van der Waals surface area contributed by atoms with Gasteiger partial charge in [0.05, 0.1) is 10.6 Å². The number of hydrogen-bond acceptors (Lipinski definition) is 3. The van der Waals surface area contributed by atoms with E-state index in [2.05, 4.69) is 15.1 Å². The van der Waals surface area contributed by atoms with Gasteiger partial charge in [0.1, 0.15) is 17.3 Å². The second kappa shape index (κ2) is 4.88. The van der Waals surface area contributed by atoms with E-state index < -0.39 is 5.82 Å². The summed E-state index contributed by atoms with van der Waals surface area (Å²) in [4.78, 5) is 18.8. The molecule has 0 unspecified atom stereocenters. The number of fused-ring (bicyclic) bond motifs is 1. The van der Waals surface area contributed by atoms with Crippen LogP contribution >= 0.6 is 23.2 Å². The van der Waals surface area contributed by atoms with Gasteiger partial charge in [0.15, 0.2) is 0 Å². The highest BCUT2D eigenvalue weighted by Crippen LogP contribution is 2.19. The summed E-state index contributed by atoms with van der Waals surface area (Å²) in [6.07, 6.45) is 1.46.